The summed E-state index contributed by atoms with van der Waals surface area (Å²) in [7, 11) is 0. The smallest absolute Gasteiger partial charge is 0.321 e. The second-order valence-electron chi connectivity index (χ2n) is 5.81. The Bertz CT molecular complexity index is 544. The maximum atomic E-state index is 11.9. The Labute approximate surface area is 142 Å². The highest BCUT2D eigenvalue weighted by atomic mass is 35.5. The minimum absolute atomic E-state index is 0. The van der Waals surface area contributed by atoms with E-state index in [1.54, 1.807) is 4.90 Å². The standard InChI is InChI=1S/C16H22N4O2.ClH/c21-15(8-5-12-2-1-9-17-12)19-13-3-6-14(7-4-13)20-11-10-18-16(20)22;/h3-4,6-7,12,17H,1-2,5,8-11H2,(H,18,22)(H,19,21);1H. The number of hydrogen-bond acceptors (Lipinski definition) is 3. The van der Waals surface area contributed by atoms with E-state index in [1.165, 1.54) is 12.8 Å². The Hall–Kier alpha value is -1.79. The molecule has 0 radical (unpaired) electrons. The molecule has 2 fully saturated rings. The zero-order valence-corrected chi connectivity index (χ0v) is 13.8. The summed E-state index contributed by atoms with van der Waals surface area (Å²) in [5.74, 6) is 0.0420. The number of nitrogens with one attached hydrogen (secondary N) is 3. The Morgan fingerprint density at radius 2 is 2.04 bits per heavy atom. The molecule has 1 atom stereocenters. The van der Waals surface area contributed by atoms with Gasteiger partial charge in [-0.05, 0) is 50.1 Å². The van der Waals surface area contributed by atoms with Gasteiger partial charge in [-0.25, -0.2) is 4.79 Å². The van der Waals surface area contributed by atoms with Crippen LogP contribution in [0.5, 0.6) is 0 Å². The van der Waals surface area contributed by atoms with Gasteiger partial charge in [-0.15, -0.1) is 12.4 Å². The largest absolute Gasteiger partial charge is 0.336 e. The fraction of sp³-hybridized carbons (Fsp3) is 0.500. The molecular formula is C16H23ClN4O2. The Balaban J connectivity index is 0.00000192. The molecule has 0 aliphatic carbocycles. The molecule has 6 nitrogen and oxygen atoms in total. The van der Waals surface area contributed by atoms with Crippen LogP contribution >= 0.6 is 12.4 Å². The average Bonchev–Trinajstić information content (AvgIpc) is 3.17. The van der Waals surface area contributed by atoms with Crippen LogP contribution in [0, 0.1) is 0 Å². The molecule has 2 aliphatic rings. The van der Waals surface area contributed by atoms with E-state index in [2.05, 4.69) is 16.0 Å². The highest BCUT2D eigenvalue weighted by Gasteiger charge is 2.21. The Morgan fingerprint density at radius 3 is 2.65 bits per heavy atom. The van der Waals surface area contributed by atoms with Crippen molar-refractivity contribution in [3.8, 4) is 0 Å². The lowest BCUT2D eigenvalue weighted by Crippen LogP contribution is -2.27. The van der Waals surface area contributed by atoms with Gasteiger partial charge in [0.15, 0.2) is 0 Å². The normalized spacial score (nSPS) is 20.1. The Kier molecular flexibility index (Phi) is 6.24. The highest BCUT2D eigenvalue weighted by molar-refractivity contribution is 5.95. The molecule has 126 valence electrons. The molecule has 1 aromatic carbocycles. The van der Waals surface area contributed by atoms with E-state index in [4.69, 9.17) is 0 Å². The molecule has 1 aromatic rings. The zero-order valence-electron chi connectivity index (χ0n) is 13.0. The number of carbonyl (C=O) groups is 2. The van der Waals surface area contributed by atoms with Gasteiger partial charge in [-0.2, -0.15) is 0 Å². The molecule has 2 aliphatic heterocycles. The number of hydrogen-bond donors (Lipinski definition) is 3. The first kappa shape index (κ1) is 17.6. The molecule has 0 aromatic heterocycles. The first-order valence-electron chi connectivity index (χ1n) is 7.91. The first-order chi connectivity index (χ1) is 10.7. The van der Waals surface area contributed by atoms with Crippen LogP contribution in [0.25, 0.3) is 0 Å². The van der Waals surface area contributed by atoms with Crippen molar-refractivity contribution in [3.63, 3.8) is 0 Å². The van der Waals surface area contributed by atoms with Crippen LogP contribution in [-0.4, -0.2) is 37.6 Å². The molecule has 1 unspecified atom stereocenters. The van der Waals surface area contributed by atoms with Gasteiger partial charge >= 0.3 is 6.03 Å². The summed E-state index contributed by atoms with van der Waals surface area (Å²) < 4.78 is 0. The van der Waals surface area contributed by atoms with E-state index in [0.717, 1.165) is 24.3 Å². The predicted octanol–water partition coefficient (Wildman–Crippen LogP) is 2.11. The molecule has 0 spiro atoms. The third kappa shape index (κ3) is 4.59. The maximum absolute atomic E-state index is 11.9. The van der Waals surface area contributed by atoms with E-state index >= 15 is 0 Å². The van der Waals surface area contributed by atoms with E-state index in [1.807, 2.05) is 24.3 Å². The first-order valence-corrected chi connectivity index (χ1v) is 7.91. The number of rotatable bonds is 5. The van der Waals surface area contributed by atoms with Crippen LogP contribution in [-0.2, 0) is 4.79 Å². The minimum atomic E-state index is -0.0687. The van der Waals surface area contributed by atoms with E-state index in [0.29, 0.717) is 25.6 Å². The third-order valence-corrected chi connectivity index (χ3v) is 4.20. The molecule has 3 rings (SSSR count). The van der Waals surface area contributed by atoms with Crippen LogP contribution < -0.4 is 20.9 Å². The highest BCUT2D eigenvalue weighted by Crippen LogP contribution is 2.20. The lowest BCUT2D eigenvalue weighted by atomic mass is 10.1. The zero-order chi connectivity index (χ0) is 15.4. The van der Waals surface area contributed by atoms with Gasteiger partial charge in [0, 0.05) is 36.9 Å². The molecule has 23 heavy (non-hydrogen) atoms. The van der Waals surface area contributed by atoms with Crippen molar-refractivity contribution in [2.75, 3.05) is 29.9 Å². The predicted molar refractivity (Wildman–Crippen MR) is 93.3 cm³/mol. The van der Waals surface area contributed by atoms with E-state index in [-0.39, 0.29) is 24.3 Å². The number of benzene rings is 1. The molecule has 0 bridgehead atoms. The summed E-state index contributed by atoms with van der Waals surface area (Å²) in [4.78, 5) is 25.2. The lowest BCUT2D eigenvalue weighted by molar-refractivity contribution is -0.116. The summed E-state index contributed by atoms with van der Waals surface area (Å²) in [6, 6.07) is 7.82. The van der Waals surface area contributed by atoms with Gasteiger partial charge in [0.25, 0.3) is 0 Å². The number of anilines is 2. The van der Waals surface area contributed by atoms with Gasteiger partial charge in [0.1, 0.15) is 0 Å². The number of halogens is 1. The average molecular weight is 339 g/mol. The second kappa shape index (κ2) is 8.17. The van der Waals surface area contributed by atoms with Crippen LogP contribution in [0.1, 0.15) is 25.7 Å². The minimum Gasteiger partial charge on any atom is -0.336 e. The number of carbonyl (C=O) groups excluding carboxylic acids is 2. The molecule has 7 heteroatoms. The van der Waals surface area contributed by atoms with Gasteiger partial charge in [0.2, 0.25) is 5.91 Å². The molecule has 2 heterocycles. The molecule has 3 N–H and O–H groups in total. The summed E-state index contributed by atoms with van der Waals surface area (Å²) in [5.41, 5.74) is 1.62. The summed E-state index contributed by atoms with van der Waals surface area (Å²) in [6.45, 7) is 2.42. The SMILES string of the molecule is Cl.O=C(CCC1CCCN1)Nc1ccc(N2CCNC2=O)cc1. The van der Waals surface area contributed by atoms with Gasteiger partial charge in [-0.3, -0.25) is 9.69 Å². The van der Waals surface area contributed by atoms with Crippen molar-refractivity contribution in [2.45, 2.75) is 31.7 Å². The number of amides is 3. The maximum Gasteiger partial charge on any atom is 0.321 e. The topological polar surface area (TPSA) is 73.5 Å². The monoisotopic (exact) mass is 338 g/mol. The number of urea groups is 1. The second-order valence-corrected chi connectivity index (χ2v) is 5.81. The molecule has 3 amide bonds. The number of nitrogens with zero attached hydrogens (tertiary/aromatic N) is 1. The fourth-order valence-corrected chi connectivity index (χ4v) is 2.97. The lowest BCUT2D eigenvalue weighted by Gasteiger charge is -2.15. The van der Waals surface area contributed by atoms with Crippen LogP contribution in [0.2, 0.25) is 0 Å². The van der Waals surface area contributed by atoms with E-state index < -0.39 is 0 Å². The van der Waals surface area contributed by atoms with Crippen molar-refractivity contribution in [1.82, 2.24) is 10.6 Å². The van der Waals surface area contributed by atoms with Crippen molar-refractivity contribution >= 4 is 35.7 Å². The summed E-state index contributed by atoms with van der Waals surface area (Å²) in [5, 5.41) is 9.07. The quantitative estimate of drug-likeness (QED) is 0.770. The molecule has 2 saturated heterocycles. The third-order valence-electron chi connectivity index (χ3n) is 4.20. The van der Waals surface area contributed by atoms with Gasteiger partial charge in [-0.1, -0.05) is 0 Å². The summed E-state index contributed by atoms with van der Waals surface area (Å²) >= 11 is 0. The fourth-order valence-electron chi connectivity index (χ4n) is 2.97. The van der Waals surface area contributed by atoms with Crippen molar-refractivity contribution in [1.29, 1.82) is 0 Å². The van der Waals surface area contributed by atoms with Crippen molar-refractivity contribution in [3.05, 3.63) is 24.3 Å². The molecular weight excluding hydrogens is 316 g/mol. The van der Waals surface area contributed by atoms with Crippen molar-refractivity contribution < 1.29 is 9.59 Å². The van der Waals surface area contributed by atoms with Gasteiger partial charge in [0.05, 0.1) is 0 Å². The van der Waals surface area contributed by atoms with Crippen LogP contribution in [0.3, 0.4) is 0 Å². The van der Waals surface area contributed by atoms with Crippen LogP contribution in [0.4, 0.5) is 16.2 Å². The molecule has 0 saturated carbocycles. The summed E-state index contributed by atoms with van der Waals surface area (Å²) in [6.07, 6.45) is 3.80. The van der Waals surface area contributed by atoms with E-state index in [9.17, 15) is 9.59 Å². The van der Waals surface area contributed by atoms with Crippen molar-refractivity contribution in [2.24, 2.45) is 0 Å². The Morgan fingerprint density at radius 1 is 1.26 bits per heavy atom. The van der Waals surface area contributed by atoms with Gasteiger partial charge < -0.3 is 16.0 Å². The van der Waals surface area contributed by atoms with Crippen LogP contribution in [0.15, 0.2) is 24.3 Å².